The fourth-order valence-electron chi connectivity index (χ4n) is 1.57. The predicted molar refractivity (Wildman–Crippen MR) is 73.3 cm³/mol. The van der Waals surface area contributed by atoms with Crippen molar-refractivity contribution in [3.8, 4) is 0 Å². The molecule has 3 N–H and O–H groups in total. The summed E-state index contributed by atoms with van der Waals surface area (Å²) in [4.78, 5) is 0. The minimum atomic E-state index is -4.36. The topological polar surface area (TPSA) is 38.0 Å². The van der Waals surface area contributed by atoms with E-state index in [1.165, 1.54) is 6.07 Å². The van der Waals surface area contributed by atoms with E-state index in [-0.39, 0.29) is 0 Å². The largest absolute Gasteiger partial charge is 0.416 e. The molecule has 2 aromatic rings. The Morgan fingerprint density at radius 2 is 1.79 bits per heavy atom. The molecule has 2 nitrogen and oxygen atoms in total. The Kier molecular flexibility index (Phi) is 3.71. The standard InChI is InChI=1S/C13H10BrF3N2/c14-9-4-5-11(18)12(7-9)19-10-3-1-2-8(6-10)13(15,16)17/h1-7,19H,18H2. The van der Waals surface area contributed by atoms with E-state index < -0.39 is 11.7 Å². The van der Waals surface area contributed by atoms with E-state index in [4.69, 9.17) is 5.73 Å². The molecule has 0 aromatic heterocycles. The minimum Gasteiger partial charge on any atom is -0.397 e. The van der Waals surface area contributed by atoms with E-state index >= 15 is 0 Å². The molecule has 0 aliphatic rings. The molecule has 100 valence electrons. The van der Waals surface area contributed by atoms with Crippen molar-refractivity contribution in [3.63, 3.8) is 0 Å². The van der Waals surface area contributed by atoms with Gasteiger partial charge < -0.3 is 11.1 Å². The SMILES string of the molecule is Nc1ccc(Br)cc1Nc1cccc(C(F)(F)F)c1. The van der Waals surface area contributed by atoms with E-state index in [1.54, 1.807) is 24.3 Å². The normalized spacial score (nSPS) is 11.4. The third-order valence-corrected chi connectivity index (χ3v) is 2.98. The summed E-state index contributed by atoms with van der Waals surface area (Å²) in [6.07, 6.45) is -4.36. The van der Waals surface area contributed by atoms with Crippen molar-refractivity contribution in [2.45, 2.75) is 6.18 Å². The van der Waals surface area contributed by atoms with Gasteiger partial charge >= 0.3 is 6.18 Å². The van der Waals surface area contributed by atoms with Crippen LogP contribution < -0.4 is 11.1 Å². The molecule has 0 unspecified atom stereocenters. The highest BCUT2D eigenvalue weighted by Gasteiger charge is 2.30. The van der Waals surface area contributed by atoms with Crippen LogP contribution in [0.1, 0.15) is 5.56 Å². The van der Waals surface area contributed by atoms with Gasteiger partial charge in [0.25, 0.3) is 0 Å². The van der Waals surface area contributed by atoms with Crippen molar-refractivity contribution >= 4 is 33.0 Å². The van der Waals surface area contributed by atoms with E-state index in [0.29, 0.717) is 17.1 Å². The lowest BCUT2D eigenvalue weighted by Crippen LogP contribution is -2.05. The number of hydrogen-bond acceptors (Lipinski definition) is 2. The lowest BCUT2D eigenvalue weighted by atomic mass is 10.2. The molecule has 0 atom stereocenters. The summed E-state index contributed by atoms with van der Waals surface area (Å²) in [5.74, 6) is 0. The molecule has 0 saturated carbocycles. The van der Waals surface area contributed by atoms with Gasteiger partial charge in [0.1, 0.15) is 0 Å². The molecule has 6 heteroatoms. The van der Waals surface area contributed by atoms with Crippen LogP contribution in [0.4, 0.5) is 30.2 Å². The summed E-state index contributed by atoms with van der Waals surface area (Å²) in [5.41, 5.74) is 6.39. The van der Waals surface area contributed by atoms with E-state index in [0.717, 1.165) is 16.6 Å². The van der Waals surface area contributed by atoms with Crippen LogP contribution in [0.25, 0.3) is 0 Å². The van der Waals surface area contributed by atoms with Crippen LogP contribution in [0, 0.1) is 0 Å². The lowest BCUT2D eigenvalue weighted by Gasteiger charge is -2.12. The zero-order valence-electron chi connectivity index (χ0n) is 9.63. The van der Waals surface area contributed by atoms with Crippen molar-refractivity contribution in [2.75, 3.05) is 11.1 Å². The molecule has 0 aliphatic heterocycles. The molecule has 0 bridgehead atoms. The number of alkyl halides is 3. The fraction of sp³-hybridized carbons (Fsp3) is 0.0769. The molecule has 0 spiro atoms. The predicted octanol–water partition coefficient (Wildman–Crippen LogP) is 4.79. The van der Waals surface area contributed by atoms with Crippen LogP contribution in [0.15, 0.2) is 46.9 Å². The first-order valence-corrected chi connectivity index (χ1v) is 6.15. The van der Waals surface area contributed by atoms with Crippen molar-refractivity contribution in [3.05, 3.63) is 52.5 Å². The molecule has 2 rings (SSSR count). The monoisotopic (exact) mass is 330 g/mol. The highest BCUT2D eigenvalue weighted by Crippen LogP contribution is 2.32. The number of nitrogens with one attached hydrogen (secondary N) is 1. The van der Waals surface area contributed by atoms with Gasteiger partial charge in [-0.25, -0.2) is 0 Å². The van der Waals surface area contributed by atoms with Gasteiger partial charge in [-0.3, -0.25) is 0 Å². The van der Waals surface area contributed by atoms with Crippen molar-refractivity contribution in [1.29, 1.82) is 0 Å². The molecular formula is C13H10BrF3N2. The number of nitrogens with two attached hydrogens (primary N) is 1. The van der Waals surface area contributed by atoms with Crippen molar-refractivity contribution < 1.29 is 13.2 Å². The Morgan fingerprint density at radius 3 is 2.47 bits per heavy atom. The molecule has 0 fully saturated rings. The number of anilines is 3. The minimum absolute atomic E-state index is 0.333. The first-order valence-electron chi connectivity index (χ1n) is 5.35. The first kappa shape index (κ1) is 13.7. The summed E-state index contributed by atoms with van der Waals surface area (Å²) in [5, 5.41) is 2.87. The van der Waals surface area contributed by atoms with E-state index in [2.05, 4.69) is 21.2 Å². The van der Waals surface area contributed by atoms with Crippen LogP contribution in [-0.2, 0) is 6.18 Å². The second kappa shape index (κ2) is 5.13. The van der Waals surface area contributed by atoms with Gasteiger partial charge in [-0.15, -0.1) is 0 Å². The molecule has 0 saturated heterocycles. The maximum absolute atomic E-state index is 12.6. The number of halogens is 4. The molecule has 2 aromatic carbocycles. The molecule has 0 radical (unpaired) electrons. The Labute approximate surface area is 116 Å². The average molecular weight is 331 g/mol. The van der Waals surface area contributed by atoms with Crippen LogP contribution in [0.2, 0.25) is 0 Å². The highest BCUT2D eigenvalue weighted by molar-refractivity contribution is 9.10. The zero-order chi connectivity index (χ0) is 14.0. The Morgan fingerprint density at radius 1 is 1.05 bits per heavy atom. The third kappa shape index (κ3) is 3.41. The first-order chi connectivity index (χ1) is 8.86. The van der Waals surface area contributed by atoms with Crippen LogP contribution in [0.3, 0.4) is 0 Å². The van der Waals surface area contributed by atoms with Crippen LogP contribution in [-0.4, -0.2) is 0 Å². The molecular weight excluding hydrogens is 321 g/mol. The van der Waals surface area contributed by atoms with Crippen LogP contribution in [0.5, 0.6) is 0 Å². The maximum Gasteiger partial charge on any atom is 0.416 e. The van der Waals surface area contributed by atoms with Crippen molar-refractivity contribution in [2.24, 2.45) is 0 Å². The summed E-state index contributed by atoms with van der Waals surface area (Å²) in [7, 11) is 0. The molecule has 0 aliphatic carbocycles. The van der Waals surface area contributed by atoms with Gasteiger partial charge in [-0.2, -0.15) is 13.2 Å². The van der Waals surface area contributed by atoms with Gasteiger partial charge in [0.05, 0.1) is 16.9 Å². The van der Waals surface area contributed by atoms with Gasteiger partial charge in [0, 0.05) is 10.2 Å². The average Bonchev–Trinajstić information content (AvgIpc) is 2.33. The quantitative estimate of drug-likeness (QED) is 0.776. The number of benzene rings is 2. The molecule has 0 heterocycles. The second-order valence-electron chi connectivity index (χ2n) is 3.94. The molecule has 19 heavy (non-hydrogen) atoms. The van der Waals surface area contributed by atoms with Gasteiger partial charge in [-0.1, -0.05) is 22.0 Å². The fourth-order valence-corrected chi connectivity index (χ4v) is 1.93. The number of hydrogen-bond donors (Lipinski definition) is 2. The zero-order valence-corrected chi connectivity index (χ0v) is 11.2. The van der Waals surface area contributed by atoms with E-state index in [9.17, 15) is 13.2 Å². The summed E-state index contributed by atoms with van der Waals surface area (Å²) >= 11 is 3.28. The summed E-state index contributed by atoms with van der Waals surface area (Å²) in [6, 6.07) is 10.1. The van der Waals surface area contributed by atoms with Crippen molar-refractivity contribution in [1.82, 2.24) is 0 Å². The van der Waals surface area contributed by atoms with Crippen LogP contribution >= 0.6 is 15.9 Å². The Balaban J connectivity index is 2.31. The third-order valence-electron chi connectivity index (χ3n) is 2.48. The maximum atomic E-state index is 12.6. The number of nitrogen functional groups attached to an aromatic ring is 1. The van der Waals surface area contributed by atoms with Gasteiger partial charge in [-0.05, 0) is 36.4 Å². The lowest BCUT2D eigenvalue weighted by molar-refractivity contribution is -0.137. The second-order valence-corrected chi connectivity index (χ2v) is 4.85. The Bertz CT molecular complexity index is 597. The van der Waals surface area contributed by atoms with Gasteiger partial charge in [0.2, 0.25) is 0 Å². The number of rotatable bonds is 2. The summed E-state index contributed by atoms with van der Waals surface area (Å²) < 4.78 is 38.6. The van der Waals surface area contributed by atoms with E-state index in [1.807, 2.05) is 0 Å². The molecule has 0 amide bonds. The highest BCUT2D eigenvalue weighted by atomic mass is 79.9. The van der Waals surface area contributed by atoms with Gasteiger partial charge in [0.15, 0.2) is 0 Å². The summed E-state index contributed by atoms with van der Waals surface area (Å²) in [6.45, 7) is 0. The Hall–Kier alpha value is -1.69. The smallest absolute Gasteiger partial charge is 0.397 e.